The maximum absolute atomic E-state index is 5.97. The first-order valence-corrected chi connectivity index (χ1v) is 6.45. The zero-order valence-corrected chi connectivity index (χ0v) is 11.4. The average molecular weight is 265 g/mol. The number of hydrogen-bond acceptors (Lipinski definition) is 3. The maximum atomic E-state index is 5.97. The van der Waals surface area contributed by atoms with Gasteiger partial charge in [0.2, 0.25) is 0 Å². The third-order valence-electron chi connectivity index (χ3n) is 2.76. The molecule has 0 saturated heterocycles. The van der Waals surface area contributed by atoms with E-state index in [4.69, 9.17) is 11.6 Å². The van der Waals surface area contributed by atoms with E-state index in [1.54, 1.807) is 6.20 Å². The Balaban J connectivity index is 2.04. The van der Waals surface area contributed by atoms with Gasteiger partial charge in [0.05, 0.1) is 23.5 Å². The summed E-state index contributed by atoms with van der Waals surface area (Å²) in [5.41, 5.74) is 2.09. The second-order valence-electron chi connectivity index (χ2n) is 4.21. The van der Waals surface area contributed by atoms with E-state index >= 15 is 0 Å². The van der Waals surface area contributed by atoms with Crippen LogP contribution in [0.3, 0.4) is 0 Å². The Hall–Kier alpha value is -1.55. The van der Waals surface area contributed by atoms with Crippen LogP contribution in [0.5, 0.6) is 0 Å². The van der Waals surface area contributed by atoms with E-state index in [1.165, 1.54) is 0 Å². The zero-order chi connectivity index (χ0) is 13.0. The van der Waals surface area contributed by atoms with Crippen LogP contribution in [-0.2, 0) is 6.54 Å². The largest absolute Gasteiger partial charge is 0.370 e. The Morgan fingerprint density at radius 1 is 1.33 bits per heavy atom. The summed E-state index contributed by atoms with van der Waals surface area (Å²) >= 11 is 5.97. The van der Waals surface area contributed by atoms with Crippen molar-refractivity contribution in [3.63, 3.8) is 0 Å². The molecule has 0 atom stereocenters. The molecular formula is C13H17ClN4. The Labute approximate surface area is 112 Å². The molecule has 5 heteroatoms. The molecule has 0 spiro atoms. The molecule has 2 rings (SSSR count). The molecule has 1 N–H and O–H groups in total. The number of pyridine rings is 1. The standard InChI is InChI=1S/C13H17ClN4/c1-3-6-15-13-5-4-11(7-16-13)9-18-10(2)12(14)8-17-18/h4-5,7-8H,3,6,9H2,1-2H3,(H,15,16). The fraction of sp³-hybridized carbons (Fsp3) is 0.385. The number of aromatic nitrogens is 3. The molecule has 18 heavy (non-hydrogen) atoms. The summed E-state index contributed by atoms with van der Waals surface area (Å²) in [7, 11) is 0. The molecule has 2 aromatic heterocycles. The quantitative estimate of drug-likeness (QED) is 0.902. The first kappa shape index (κ1) is 12.9. The molecule has 2 aromatic rings. The lowest BCUT2D eigenvalue weighted by atomic mass is 10.3. The van der Waals surface area contributed by atoms with Gasteiger partial charge in [-0.25, -0.2) is 4.98 Å². The van der Waals surface area contributed by atoms with Crippen LogP contribution >= 0.6 is 11.6 Å². The highest BCUT2D eigenvalue weighted by Gasteiger charge is 2.04. The van der Waals surface area contributed by atoms with E-state index in [2.05, 4.69) is 28.4 Å². The summed E-state index contributed by atoms with van der Waals surface area (Å²) in [6, 6.07) is 4.05. The molecule has 0 saturated carbocycles. The lowest BCUT2D eigenvalue weighted by molar-refractivity contribution is 0.663. The summed E-state index contributed by atoms with van der Waals surface area (Å²) in [5, 5.41) is 8.17. The van der Waals surface area contributed by atoms with Crippen LogP contribution in [0.4, 0.5) is 5.82 Å². The monoisotopic (exact) mass is 264 g/mol. The van der Waals surface area contributed by atoms with Crippen molar-refractivity contribution in [2.24, 2.45) is 0 Å². The Morgan fingerprint density at radius 2 is 2.17 bits per heavy atom. The van der Waals surface area contributed by atoms with Crippen molar-refractivity contribution in [1.82, 2.24) is 14.8 Å². The van der Waals surface area contributed by atoms with Crippen molar-refractivity contribution in [2.75, 3.05) is 11.9 Å². The summed E-state index contributed by atoms with van der Waals surface area (Å²) in [6.07, 6.45) is 4.63. The van der Waals surface area contributed by atoms with Gasteiger partial charge in [-0.3, -0.25) is 4.68 Å². The molecule has 0 aliphatic heterocycles. The molecule has 0 amide bonds. The van der Waals surface area contributed by atoms with Crippen LogP contribution in [0.1, 0.15) is 24.6 Å². The van der Waals surface area contributed by atoms with E-state index in [1.807, 2.05) is 23.9 Å². The Bertz CT molecular complexity index is 504. The van der Waals surface area contributed by atoms with Gasteiger partial charge in [0.25, 0.3) is 0 Å². The minimum atomic E-state index is 0.694. The van der Waals surface area contributed by atoms with Gasteiger partial charge in [-0.15, -0.1) is 0 Å². The molecule has 2 heterocycles. The lowest BCUT2D eigenvalue weighted by Crippen LogP contribution is -2.05. The minimum Gasteiger partial charge on any atom is -0.370 e. The van der Waals surface area contributed by atoms with Gasteiger partial charge in [-0.05, 0) is 25.0 Å². The van der Waals surface area contributed by atoms with Crippen molar-refractivity contribution in [1.29, 1.82) is 0 Å². The number of nitrogens with one attached hydrogen (secondary N) is 1. The van der Waals surface area contributed by atoms with Crippen LogP contribution in [0.15, 0.2) is 24.5 Å². The second-order valence-corrected chi connectivity index (χ2v) is 4.62. The fourth-order valence-electron chi connectivity index (χ4n) is 1.63. The van der Waals surface area contributed by atoms with Crippen molar-refractivity contribution < 1.29 is 0 Å². The third-order valence-corrected chi connectivity index (χ3v) is 3.13. The smallest absolute Gasteiger partial charge is 0.125 e. The lowest BCUT2D eigenvalue weighted by Gasteiger charge is -2.07. The Kier molecular flexibility index (Phi) is 4.20. The molecule has 0 unspecified atom stereocenters. The van der Waals surface area contributed by atoms with Crippen LogP contribution < -0.4 is 5.32 Å². The summed E-state index contributed by atoms with van der Waals surface area (Å²) in [6.45, 7) is 5.73. The number of rotatable bonds is 5. The van der Waals surface area contributed by atoms with E-state index in [0.29, 0.717) is 11.6 Å². The van der Waals surface area contributed by atoms with Crippen LogP contribution in [-0.4, -0.2) is 21.3 Å². The van der Waals surface area contributed by atoms with Crippen LogP contribution in [0, 0.1) is 6.92 Å². The predicted octanol–water partition coefficient (Wildman–Crippen LogP) is 3.11. The molecular weight excluding hydrogens is 248 g/mol. The molecule has 0 aliphatic carbocycles. The maximum Gasteiger partial charge on any atom is 0.125 e. The first-order chi connectivity index (χ1) is 8.70. The normalized spacial score (nSPS) is 10.6. The number of nitrogens with zero attached hydrogens (tertiary/aromatic N) is 3. The topological polar surface area (TPSA) is 42.7 Å². The van der Waals surface area contributed by atoms with Crippen molar-refractivity contribution in [2.45, 2.75) is 26.8 Å². The van der Waals surface area contributed by atoms with Crippen LogP contribution in [0.25, 0.3) is 0 Å². The molecule has 4 nitrogen and oxygen atoms in total. The van der Waals surface area contributed by atoms with Gasteiger partial charge < -0.3 is 5.32 Å². The molecule has 0 aliphatic rings. The summed E-state index contributed by atoms with van der Waals surface area (Å²) < 4.78 is 1.87. The van der Waals surface area contributed by atoms with Crippen molar-refractivity contribution in [3.05, 3.63) is 40.8 Å². The van der Waals surface area contributed by atoms with Crippen molar-refractivity contribution >= 4 is 17.4 Å². The van der Waals surface area contributed by atoms with Gasteiger partial charge in [-0.1, -0.05) is 24.6 Å². The van der Waals surface area contributed by atoms with E-state index in [9.17, 15) is 0 Å². The van der Waals surface area contributed by atoms with Gasteiger partial charge in [-0.2, -0.15) is 5.10 Å². The highest BCUT2D eigenvalue weighted by Crippen LogP contribution is 2.15. The second kappa shape index (κ2) is 5.87. The Morgan fingerprint density at radius 3 is 2.72 bits per heavy atom. The van der Waals surface area contributed by atoms with Crippen molar-refractivity contribution in [3.8, 4) is 0 Å². The van der Waals surface area contributed by atoms with E-state index in [0.717, 1.165) is 30.0 Å². The predicted molar refractivity (Wildman–Crippen MR) is 74.1 cm³/mol. The van der Waals surface area contributed by atoms with E-state index < -0.39 is 0 Å². The molecule has 0 fully saturated rings. The molecule has 0 radical (unpaired) electrons. The third kappa shape index (κ3) is 3.01. The zero-order valence-electron chi connectivity index (χ0n) is 10.7. The molecule has 0 aromatic carbocycles. The summed E-state index contributed by atoms with van der Waals surface area (Å²) in [4.78, 5) is 4.36. The van der Waals surface area contributed by atoms with Gasteiger partial charge in [0.15, 0.2) is 0 Å². The average Bonchev–Trinajstić information content (AvgIpc) is 2.70. The minimum absolute atomic E-state index is 0.694. The number of anilines is 1. The van der Waals surface area contributed by atoms with Crippen LogP contribution in [0.2, 0.25) is 5.02 Å². The highest BCUT2D eigenvalue weighted by atomic mass is 35.5. The molecule has 0 bridgehead atoms. The first-order valence-electron chi connectivity index (χ1n) is 6.07. The number of halogens is 1. The number of hydrogen-bond donors (Lipinski definition) is 1. The van der Waals surface area contributed by atoms with Gasteiger partial charge in [0.1, 0.15) is 5.82 Å². The summed E-state index contributed by atoms with van der Waals surface area (Å²) in [5.74, 6) is 0.913. The SMILES string of the molecule is CCCNc1ccc(Cn2ncc(Cl)c2C)cn1. The highest BCUT2D eigenvalue weighted by molar-refractivity contribution is 6.31. The van der Waals surface area contributed by atoms with Gasteiger partial charge >= 0.3 is 0 Å². The van der Waals surface area contributed by atoms with Gasteiger partial charge in [0, 0.05) is 12.7 Å². The fourth-order valence-corrected chi connectivity index (χ4v) is 1.77. The van der Waals surface area contributed by atoms with E-state index in [-0.39, 0.29) is 0 Å². The molecule has 96 valence electrons.